The molecule has 2 amide bonds. The number of benzene rings is 1. The lowest BCUT2D eigenvalue weighted by Crippen LogP contribution is -2.57. The lowest BCUT2D eigenvalue weighted by Gasteiger charge is -2.34. The highest BCUT2D eigenvalue weighted by Crippen LogP contribution is 2.15. The Morgan fingerprint density at radius 1 is 1.40 bits per heavy atom. The molecule has 2 rings (SSSR count). The normalized spacial score (nSPS) is 18.9. The van der Waals surface area contributed by atoms with E-state index in [1.807, 2.05) is 32.9 Å². The van der Waals surface area contributed by atoms with Gasteiger partial charge in [0.25, 0.3) is 0 Å². The molecule has 4 heteroatoms. The Morgan fingerprint density at radius 2 is 2.15 bits per heavy atom. The molecule has 0 radical (unpaired) electrons. The Kier molecular flexibility index (Phi) is 4.42. The largest absolute Gasteiger partial charge is 0.353 e. The highest BCUT2D eigenvalue weighted by Gasteiger charge is 2.31. The van der Waals surface area contributed by atoms with Gasteiger partial charge in [-0.1, -0.05) is 30.7 Å². The molecule has 0 aromatic heterocycles. The van der Waals surface area contributed by atoms with Gasteiger partial charge in [0.15, 0.2) is 0 Å². The van der Waals surface area contributed by atoms with Gasteiger partial charge in [0.05, 0.1) is 6.42 Å². The Balaban J connectivity index is 2.14. The molecule has 1 N–H and O–H groups in total. The van der Waals surface area contributed by atoms with Gasteiger partial charge in [-0.2, -0.15) is 0 Å². The number of carbonyl (C=O) groups excluding carboxylic acids is 2. The molecule has 1 unspecified atom stereocenters. The van der Waals surface area contributed by atoms with Gasteiger partial charge in [-0.25, -0.2) is 0 Å². The van der Waals surface area contributed by atoms with Gasteiger partial charge >= 0.3 is 0 Å². The first-order valence-corrected chi connectivity index (χ1v) is 7.16. The van der Waals surface area contributed by atoms with Crippen LogP contribution in [0.25, 0.3) is 0 Å². The van der Waals surface area contributed by atoms with Crippen LogP contribution in [-0.2, 0) is 16.0 Å². The second kappa shape index (κ2) is 6.07. The molecule has 0 bridgehead atoms. The van der Waals surface area contributed by atoms with Crippen LogP contribution in [0, 0.1) is 13.8 Å². The first-order valence-electron chi connectivity index (χ1n) is 7.16. The van der Waals surface area contributed by atoms with E-state index in [4.69, 9.17) is 0 Å². The molecule has 1 aromatic rings. The summed E-state index contributed by atoms with van der Waals surface area (Å²) in [5.74, 6) is 0.00784. The zero-order valence-electron chi connectivity index (χ0n) is 12.4. The molecule has 1 aliphatic heterocycles. The molecule has 1 aromatic carbocycles. The van der Waals surface area contributed by atoms with E-state index in [1.54, 1.807) is 4.90 Å². The molecular weight excluding hydrogens is 252 g/mol. The van der Waals surface area contributed by atoms with Gasteiger partial charge in [0.2, 0.25) is 11.8 Å². The maximum Gasteiger partial charge on any atom is 0.242 e. The summed E-state index contributed by atoms with van der Waals surface area (Å²) in [7, 11) is 0. The number of hydrogen-bond acceptors (Lipinski definition) is 2. The third-order valence-corrected chi connectivity index (χ3v) is 3.88. The summed E-state index contributed by atoms with van der Waals surface area (Å²) in [4.78, 5) is 26.0. The highest BCUT2D eigenvalue weighted by molar-refractivity contribution is 5.89. The van der Waals surface area contributed by atoms with Gasteiger partial charge in [0.1, 0.15) is 6.04 Å². The number of piperazine rings is 1. The summed E-state index contributed by atoms with van der Waals surface area (Å²) >= 11 is 0. The molecule has 108 valence electrons. The van der Waals surface area contributed by atoms with Gasteiger partial charge in [-0.05, 0) is 31.4 Å². The SMILES string of the molecule is CCC1C(=O)NCCN1C(=O)Cc1cc(C)ccc1C. The number of nitrogens with one attached hydrogen (secondary N) is 1. The quantitative estimate of drug-likeness (QED) is 0.910. The molecule has 0 aliphatic carbocycles. The monoisotopic (exact) mass is 274 g/mol. The summed E-state index contributed by atoms with van der Waals surface area (Å²) < 4.78 is 0. The Morgan fingerprint density at radius 3 is 2.85 bits per heavy atom. The van der Waals surface area contributed by atoms with Crippen molar-refractivity contribution in [3.8, 4) is 0 Å². The first kappa shape index (κ1) is 14.6. The van der Waals surface area contributed by atoms with Gasteiger partial charge < -0.3 is 10.2 Å². The number of amides is 2. The predicted octanol–water partition coefficient (Wildman–Crippen LogP) is 1.58. The zero-order valence-corrected chi connectivity index (χ0v) is 12.4. The van der Waals surface area contributed by atoms with Gasteiger partial charge in [-0.3, -0.25) is 9.59 Å². The van der Waals surface area contributed by atoms with Crippen molar-refractivity contribution in [2.24, 2.45) is 0 Å². The average molecular weight is 274 g/mol. The molecule has 20 heavy (non-hydrogen) atoms. The van der Waals surface area contributed by atoms with Crippen LogP contribution in [0.4, 0.5) is 0 Å². The minimum Gasteiger partial charge on any atom is -0.353 e. The second-order valence-corrected chi connectivity index (χ2v) is 5.41. The molecule has 0 saturated carbocycles. The van der Waals surface area contributed by atoms with Crippen molar-refractivity contribution < 1.29 is 9.59 Å². The summed E-state index contributed by atoms with van der Waals surface area (Å²) in [6, 6.07) is 5.82. The van der Waals surface area contributed by atoms with Crippen molar-refractivity contribution in [2.45, 2.75) is 39.7 Å². The van der Waals surface area contributed by atoms with E-state index >= 15 is 0 Å². The third kappa shape index (κ3) is 3.00. The highest BCUT2D eigenvalue weighted by atomic mass is 16.2. The molecule has 1 fully saturated rings. The van der Waals surface area contributed by atoms with Crippen LogP contribution in [0.1, 0.15) is 30.0 Å². The molecule has 4 nitrogen and oxygen atoms in total. The van der Waals surface area contributed by atoms with E-state index in [2.05, 4.69) is 11.4 Å². The summed E-state index contributed by atoms with van der Waals surface area (Å²) in [6.45, 7) is 7.13. The van der Waals surface area contributed by atoms with Crippen molar-refractivity contribution in [3.63, 3.8) is 0 Å². The van der Waals surface area contributed by atoms with Gasteiger partial charge in [-0.15, -0.1) is 0 Å². The number of nitrogens with zero attached hydrogens (tertiary/aromatic N) is 1. The number of rotatable bonds is 3. The summed E-state index contributed by atoms with van der Waals surface area (Å²) in [6.07, 6.45) is 1.03. The summed E-state index contributed by atoms with van der Waals surface area (Å²) in [5.41, 5.74) is 3.33. The zero-order chi connectivity index (χ0) is 14.7. The Bertz CT molecular complexity index is 525. The molecular formula is C16H22N2O2. The number of hydrogen-bond donors (Lipinski definition) is 1. The predicted molar refractivity (Wildman–Crippen MR) is 78.4 cm³/mol. The first-order chi connectivity index (χ1) is 9.52. The van der Waals surface area contributed by atoms with E-state index < -0.39 is 0 Å². The number of aryl methyl sites for hydroxylation is 2. The summed E-state index contributed by atoms with van der Waals surface area (Å²) in [5, 5.41) is 2.82. The van der Waals surface area contributed by atoms with Crippen LogP contribution < -0.4 is 5.32 Å². The lowest BCUT2D eigenvalue weighted by molar-refractivity contribution is -0.142. The fraction of sp³-hybridized carbons (Fsp3) is 0.500. The third-order valence-electron chi connectivity index (χ3n) is 3.88. The maximum atomic E-state index is 12.5. The molecule has 1 atom stereocenters. The van der Waals surface area contributed by atoms with Gasteiger partial charge in [0, 0.05) is 13.1 Å². The minimum absolute atomic E-state index is 0.0342. The topological polar surface area (TPSA) is 49.4 Å². The minimum atomic E-state index is -0.318. The Hall–Kier alpha value is -1.84. The van der Waals surface area contributed by atoms with Crippen LogP contribution in [0.15, 0.2) is 18.2 Å². The van der Waals surface area contributed by atoms with E-state index in [0.717, 1.165) is 16.7 Å². The van der Waals surface area contributed by atoms with Crippen LogP contribution in [0.2, 0.25) is 0 Å². The number of carbonyl (C=O) groups is 2. The average Bonchev–Trinajstić information content (AvgIpc) is 2.42. The van der Waals surface area contributed by atoms with Crippen LogP contribution in [0.3, 0.4) is 0 Å². The van der Waals surface area contributed by atoms with Crippen molar-refractivity contribution in [2.75, 3.05) is 13.1 Å². The fourth-order valence-electron chi connectivity index (χ4n) is 2.67. The van der Waals surface area contributed by atoms with Crippen molar-refractivity contribution >= 4 is 11.8 Å². The van der Waals surface area contributed by atoms with E-state index in [1.165, 1.54) is 0 Å². The van der Waals surface area contributed by atoms with Crippen molar-refractivity contribution in [3.05, 3.63) is 34.9 Å². The van der Waals surface area contributed by atoms with Crippen molar-refractivity contribution in [1.82, 2.24) is 10.2 Å². The molecule has 1 heterocycles. The van der Waals surface area contributed by atoms with Crippen LogP contribution in [0.5, 0.6) is 0 Å². The van der Waals surface area contributed by atoms with Crippen LogP contribution in [-0.4, -0.2) is 35.8 Å². The molecule has 0 spiro atoms. The standard InChI is InChI=1S/C16H22N2O2/c1-4-14-16(20)17-7-8-18(14)15(19)10-13-9-11(2)5-6-12(13)3/h5-6,9,14H,4,7-8,10H2,1-3H3,(H,17,20). The lowest BCUT2D eigenvalue weighted by atomic mass is 10.0. The van der Waals surface area contributed by atoms with E-state index in [-0.39, 0.29) is 17.9 Å². The fourth-order valence-corrected chi connectivity index (χ4v) is 2.67. The Labute approximate surface area is 120 Å². The molecule has 1 aliphatic rings. The smallest absolute Gasteiger partial charge is 0.242 e. The second-order valence-electron chi connectivity index (χ2n) is 5.41. The van der Waals surface area contributed by atoms with Crippen LogP contribution >= 0.6 is 0 Å². The van der Waals surface area contributed by atoms with E-state index in [9.17, 15) is 9.59 Å². The molecule has 1 saturated heterocycles. The van der Waals surface area contributed by atoms with E-state index in [0.29, 0.717) is 25.9 Å². The maximum absolute atomic E-state index is 12.5. The van der Waals surface area contributed by atoms with Crippen molar-refractivity contribution in [1.29, 1.82) is 0 Å².